The monoisotopic (exact) mass is 267 g/mol. The van der Waals surface area contributed by atoms with Crippen molar-refractivity contribution >= 4 is 17.3 Å². The van der Waals surface area contributed by atoms with Gasteiger partial charge in [0.15, 0.2) is 0 Å². The molecule has 0 spiro atoms. The minimum atomic E-state index is -0.452. The van der Waals surface area contributed by atoms with Crippen molar-refractivity contribution in [1.82, 2.24) is 9.97 Å². The number of aromatic nitrogens is 2. The van der Waals surface area contributed by atoms with Crippen LogP contribution in [0.2, 0.25) is 0 Å². The van der Waals surface area contributed by atoms with E-state index in [1.165, 1.54) is 6.33 Å². The van der Waals surface area contributed by atoms with Crippen molar-refractivity contribution in [1.29, 1.82) is 0 Å². The molecule has 1 aromatic heterocycles. The second kappa shape index (κ2) is 6.31. The molecular weight excluding hydrogens is 246 g/mol. The van der Waals surface area contributed by atoms with Gasteiger partial charge in [0.05, 0.1) is 4.92 Å². The molecule has 0 aliphatic rings. The maximum atomic E-state index is 11.2. The van der Waals surface area contributed by atoms with Gasteiger partial charge in [-0.3, -0.25) is 10.1 Å². The highest BCUT2D eigenvalue weighted by molar-refractivity contribution is 5.69. The molecule has 0 bridgehead atoms. The number of anilines is 2. The van der Waals surface area contributed by atoms with Crippen LogP contribution in [0.3, 0.4) is 0 Å². The zero-order valence-corrected chi connectivity index (χ0v) is 11.9. The van der Waals surface area contributed by atoms with Crippen LogP contribution in [0, 0.1) is 10.1 Å². The van der Waals surface area contributed by atoms with Crippen LogP contribution < -0.4 is 10.6 Å². The third-order valence-electron chi connectivity index (χ3n) is 2.89. The average Bonchev–Trinajstić information content (AvgIpc) is 2.35. The van der Waals surface area contributed by atoms with Gasteiger partial charge in [-0.05, 0) is 26.7 Å². The molecule has 0 atom stereocenters. The third-order valence-corrected chi connectivity index (χ3v) is 2.89. The second-order valence-corrected chi connectivity index (χ2v) is 4.97. The van der Waals surface area contributed by atoms with E-state index in [0.29, 0.717) is 6.54 Å². The van der Waals surface area contributed by atoms with E-state index in [-0.39, 0.29) is 22.9 Å². The molecule has 0 radical (unpaired) electrons. The first-order chi connectivity index (χ1) is 8.91. The Morgan fingerprint density at radius 3 is 2.47 bits per heavy atom. The molecule has 19 heavy (non-hydrogen) atoms. The summed E-state index contributed by atoms with van der Waals surface area (Å²) in [5, 5.41) is 17.3. The van der Waals surface area contributed by atoms with Crippen molar-refractivity contribution in [2.45, 2.75) is 46.1 Å². The summed E-state index contributed by atoms with van der Waals surface area (Å²) in [6.07, 6.45) is 3.02. The minimum absolute atomic E-state index is 0.0996. The van der Waals surface area contributed by atoms with Crippen molar-refractivity contribution in [3.8, 4) is 0 Å². The minimum Gasteiger partial charge on any atom is -0.364 e. The fourth-order valence-corrected chi connectivity index (χ4v) is 1.42. The van der Waals surface area contributed by atoms with Crippen LogP contribution in [0.5, 0.6) is 0 Å². The third kappa shape index (κ3) is 4.04. The summed E-state index contributed by atoms with van der Waals surface area (Å²) < 4.78 is 0. The van der Waals surface area contributed by atoms with Gasteiger partial charge in [0.1, 0.15) is 6.33 Å². The van der Waals surface area contributed by atoms with Gasteiger partial charge in [0.25, 0.3) is 0 Å². The lowest BCUT2D eigenvalue weighted by Crippen LogP contribution is -2.30. The highest BCUT2D eigenvalue weighted by atomic mass is 16.6. The molecule has 0 aliphatic carbocycles. The van der Waals surface area contributed by atoms with Gasteiger partial charge in [0, 0.05) is 12.1 Å². The SMILES string of the molecule is CCCNc1ncnc(NC(C)(C)CC)c1[N+](=O)[O-]. The lowest BCUT2D eigenvalue weighted by molar-refractivity contribution is -0.383. The molecule has 2 N–H and O–H groups in total. The normalized spacial score (nSPS) is 11.2. The van der Waals surface area contributed by atoms with E-state index in [1.54, 1.807) is 0 Å². The first-order valence-electron chi connectivity index (χ1n) is 6.42. The van der Waals surface area contributed by atoms with Crippen molar-refractivity contribution in [3.63, 3.8) is 0 Å². The summed E-state index contributed by atoms with van der Waals surface area (Å²) in [5.74, 6) is 0.515. The lowest BCUT2D eigenvalue weighted by atomic mass is 10.0. The van der Waals surface area contributed by atoms with Gasteiger partial charge in [-0.2, -0.15) is 0 Å². The molecule has 0 amide bonds. The molecule has 106 valence electrons. The molecule has 1 rings (SSSR count). The van der Waals surface area contributed by atoms with Gasteiger partial charge >= 0.3 is 5.69 Å². The van der Waals surface area contributed by atoms with E-state index in [1.807, 2.05) is 27.7 Å². The smallest absolute Gasteiger partial charge is 0.353 e. The fourth-order valence-electron chi connectivity index (χ4n) is 1.42. The zero-order chi connectivity index (χ0) is 14.5. The Hall–Kier alpha value is -1.92. The van der Waals surface area contributed by atoms with Crippen LogP contribution in [0.25, 0.3) is 0 Å². The molecule has 0 unspecified atom stereocenters. The molecular formula is C12H21N5O2. The number of hydrogen-bond acceptors (Lipinski definition) is 6. The number of hydrogen-bond donors (Lipinski definition) is 2. The molecule has 7 heteroatoms. The topological polar surface area (TPSA) is 93.0 Å². The molecule has 0 saturated carbocycles. The van der Waals surface area contributed by atoms with Crippen molar-refractivity contribution in [3.05, 3.63) is 16.4 Å². The Bertz CT molecular complexity index is 448. The number of nitro groups is 1. The molecule has 0 aliphatic heterocycles. The summed E-state index contributed by atoms with van der Waals surface area (Å²) in [6, 6.07) is 0. The molecule has 0 aromatic carbocycles. The van der Waals surface area contributed by atoms with Crippen LogP contribution in [0.15, 0.2) is 6.33 Å². The van der Waals surface area contributed by atoms with E-state index in [0.717, 1.165) is 12.8 Å². The van der Waals surface area contributed by atoms with Crippen LogP contribution in [0.1, 0.15) is 40.5 Å². The van der Waals surface area contributed by atoms with Gasteiger partial charge in [0.2, 0.25) is 11.6 Å². The Balaban J connectivity index is 3.13. The van der Waals surface area contributed by atoms with E-state index < -0.39 is 4.92 Å². The number of nitrogens with zero attached hydrogens (tertiary/aromatic N) is 3. The number of rotatable bonds is 7. The van der Waals surface area contributed by atoms with Gasteiger partial charge in [-0.1, -0.05) is 13.8 Å². The van der Waals surface area contributed by atoms with Crippen molar-refractivity contribution in [2.24, 2.45) is 0 Å². The summed E-state index contributed by atoms with van der Waals surface area (Å²) in [6.45, 7) is 8.57. The van der Waals surface area contributed by atoms with E-state index in [4.69, 9.17) is 0 Å². The Labute approximate surface area is 113 Å². The summed E-state index contributed by atoms with van der Waals surface area (Å²) >= 11 is 0. The van der Waals surface area contributed by atoms with Crippen molar-refractivity contribution in [2.75, 3.05) is 17.2 Å². The summed E-state index contributed by atoms with van der Waals surface area (Å²) in [5.41, 5.74) is -0.362. The maximum Gasteiger partial charge on any atom is 0.353 e. The van der Waals surface area contributed by atoms with Crippen LogP contribution >= 0.6 is 0 Å². The standard InChI is InChI=1S/C12H21N5O2/c1-5-7-13-10-9(17(18)19)11(15-8-14-10)16-12(3,4)6-2/h8H,5-7H2,1-4H3,(H2,13,14,15,16). The highest BCUT2D eigenvalue weighted by Crippen LogP contribution is 2.31. The fraction of sp³-hybridized carbons (Fsp3) is 0.667. The Morgan fingerprint density at radius 2 is 1.95 bits per heavy atom. The Kier molecular flexibility index (Phi) is 5.02. The van der Waals surface area contributed by atoms with Crippen LogP contribution in [-0.2, 0) is 0 Å². The molecule has 0 saturated heterocycles. The van der Waals surface area contributed by atoms with Gasteiger partial charge in [-0.15, -0.1) is 0 Å². The summed E-state index contributed by atoms with van der Waals surface area (Å²) in [7, 11) is 0. The second-order valence-electron chi connectivity index (χ2n) is 4.97. The molecule has 1 aromatic rings. The predicted octanol–water partition coefficient (Wildman–Crippen LogP) is 2.81. The molecule has 1 heterocycles. The first-order valence-corrected chi connectivity index (χ1v) is 6.42. The van der Waals surface area contributed by atoms with Crippen LogP contribution in [-0.4, -0.2) is 27.0 Å². The van der Waals surface area contributed by atoms with E-state index in [2.05, 4.69) is 20.6 Å². The molecule has 0 fully saturated rings. The van der Waals surface area contributed by atoms with E-state index in [9.17, 15) is 10.1 Å². The first kappa shape index (κ1) is 15.1. The quantitative estimate of drug-likeness (QED) is 0.583. The molecule has 7 nitrogen and oxygen atoms in total. The maximum absolute atomic E-state index is 11.2. The lowest BCUT2D eigenvalue weighted by Gasteiger charge is -2.25. The van der Waals surface area contributed by atoms with Gasteiger partial charge in [-0.25, -0.2) is 9.97 Å². The average molecular weight is 267 g/mol. The largest absolute Gasteiger partial charge is 0.364 e. The summed E-state index contributed by atoms with van der Waals surface area (Å²) in [4.78, 5) is 18.7. The van der Waals surface area contributed by atoms with E-state index >= 15 is 0 Å². The Morgan fingerprint density at radius 1 is 1.32 bits per heavy atom. The van der Waals surface area contributed by atoms with Gasteiger partial charge < -0.3 is 10.6 Å². The highest BCUT2D eigenvalue weighted by Gasteiger charge is 2.26. The van der Waals surface area contributed by atoms with Crippen molar-refractivity contribution < 1.29 is 4.92 Å². The zero-order valence-electron chi connectivity index (χ0n) is 11.9. The number of nitrogens with one attached hydrogen (secondary N) is 2. The van der Waals surface area contributed by atoms with Crippen LogP contribution in [0.4, 0.5) is 17.3 Å². The predicted molar refractivity (Wildman–Crippen MR) is 75.5 cm³/mol.